The molecule has 180 valence electrons. The second kappa shape index (κ2) is 9.56. The summed E-state index contributed by atoms with van der Waals surface area (Å²) < 4.78 is 28.3. The van der Waals surface area contributed by atoms with Crippen molar-refractivity contribution in [1.29, 1.82) is 0 Å². The first-order valence-corrected chi connectivity index (χ1v) is 13.1. The Morgan fingerprint density at radius 3 is 2.23 bits per heavy atom. The maximum atomic E-state index is 13.0. The van der Waals surface area contributed by atoms with E-state index in [0.29, 0.717) is 0 Å². The number of hydrogen-bond donors (Lipinski definition) is 3. The number of sulfonamides is 1. The highest BCUT2D eigenvalue weighted by Gasteiger charge is 2.26. The summed E-state index contributed by atoms with van der Waals surface area (Å²) >= 11 is 0. The van der Waals surface area contributed by atoms with Crippen molar-refractivity contribution in [3.63, 3.8) is 0 Å². The zero-order valence-corrected chi connectivity index (χ0v) is 20.0. The van der Waals surface area contributed by atoms with E-state index in [-0.39, 0.29) is 11.3 Å². The van der Waals surface area contributed by atoms with E-state index < -0.39 is 22.0 Å². The van der Waals surface area contributed by atoms with Gasteiger partial charge < -0.3 is 15.0 Å². The molecular formula is C27H27N3O4S. The SMILES string of the molecule is O=C(O)[C@@H](Cc1c[nH]c2ccccc12)NS(=O)(=O)c1ccc(-c2ccc(N3CCCC3)cc2)cc1. The predicted molar refractivity (Wildman–Crippen MR) is 137 cm³/mol. The van der Waals surface area contributed by atoms with Gasteiger partial charge in [-0.2, -0.15) is 4.72 Å². The predicted octanol–water partition coefficient (Wildman–Crippen LogP) is 4.41. The lowest BCUT2D eigenvalue weighted by molar-refractivity contribution is -0.138. The van der Waals surface area contributed by atoms with Crippen molar-refractivity contribution >= 4 is 32.6 Å². The number of carboxylic acid groups (broad SMARTS) is 1. The van der Waals surface area contributed by atoms with Crippen LogP contribution in [0.2, 0.25) is 0 Å². The smallest absolute Gasteiger partial charge is 0.322 e. The second-order valence-electron chi connectivity index (χ2n) is 8.84. The fraction of sp³-hybridized carbons (Fsp3) is 0.222. The van der Waals surface area contributed by atoms with E-state index in [2.05, 4.69) is 26.7 Å². The van der Waals surface area contributed by atoms with Crippen LogP contribution in [-0.4, -0.2) is 43.6 Å². The van der Waals surface area contributed by atoms with Gasteiger partial charge in [-0.3, -0.25) is 4.79 Å². The van der Waals surface area contributed by atoms with Crippen LogP contribution in [0.15, 0.2) is 83.9 Å². The minimum atomic E-state index is -4.03. The van der Waals surface area contributed by atoms with E-state index in [0.717, 1.165) is 40.7 Å². The number of carboxylic acids is 1. The molecular weight excluding hydrogens is 462 g/mol. The summed E-state index contributed by atoms with van der Waals surface area (Å²) in [5.74, 6) is -1.23. The van der Waals surface area contributed by atoms with E-state index in [1.54, 1.807) is 18.3 Å². The molecule has 2 heterocycles. The highest BCUT2D eigenvalue weighted by atomic mass is 32.2. The van der Waals surface area contributed by atoms with Gasteiger partial charge in [-0.05, 0) is 59.9 Å². The molecule has 8 heteroatoms. The number of anilines is 1. The van der Waals surface area contributed by atoms with Crippen LogP contribution in [0.3, 0.4) is 0 Å². The second-order valence-corrected chi connectivity index (χ2v) is 10.6. The molecule has 1 fully saturated rings. The standard InChI is InChI=1S/C27H27N3O4S/c31-27(32)26(17-21-18-28-25-6-2-1-5-24(21)25)29-35(33,34)23-13-9-20(10-14-23)19-7-11-22(12-8-19)30-15-3-4-16-30/h1-2,5-14,18,26,28-29H,3-4,15-17H2,(H,31,32)/t26-/m1/s1. The Bertz CT molecular complexity index is 1440. The highest BCUT2D eigenvalue weighted by Crippen LogP contribution is 2.26. The number of carbonyl (C=O) groups is 1. The largest absolute Gasteiger partial charge is 0.480 e. The van der Waals surface area contributed by atoms with Crippen LogP contribution in [0, 0.1) is 0 Å². The Morgan fingerprint density at radius 2 is 1.57 bits per heavy atom. The van der Waals surface area contributed by atoms with Gasteiger partial charge in [-0.1, -0.05) is 42.5 Å². The Labute approximate surface area is 204 Å². The molecule has 35 heavy (non-hydrogen) atoms. The molecule has 1 aliphatic rings. The maximum absolute atomic E-state index is 13.0. The minimum absolute atomic E-state index is 0.0278. The van der Waals surface area contributed by atoms with E-state index >= 15 is 0 Å². The van der Waals surface area contributed by atoms with Crippen LogP contribution in [0.4, 0.5) is 5.69 Å². The molecule has 3 N–H and O–H groups in total. The van der Waals surface area contributed by atoms with Crippen molar-refractivity contribution in [2.45, 2.75) is 30.2 Å². The summed E-state index contributed by atoms with van der Waals surface area (Å²) in [4.78, 5) is 17.4. The van der Waals surface area contributed by atoms with Crippen LogP contribution in [0.5, 0.6) is 0 Å². The van der Waals surface area contributed by atoms with Gasteiger partial charge in [0.25, 0.3) is 0 Å². The molecule has 4 aromatic rings. The summed E-state index contributed by atoms with van der Waals surface area (Å²) in [6, 6.07) is 21.0. The van der Waals surface area contributed by atoms with Crippen LogP contribution in [-0.2, 0) is 21.2 Å². The summed E-state index contributed by atoms with van der Waals surface area (Å²) in [7, 11) is -4.03. The molecule has 0 bridgehead atoms. The van der Waals surface area contributed by atoms with Crippen molar-refractivity contribution in [2.75, 3.05) is 18.0 Å². The molecule has 0 saturated carbocycles. The first-order valence-electron chi connectivity index (χ1n) is 11.7. The average Bonchev–Trinajstić information content (AvgIpc) is 3.55. The zero-order valence-electron chi connectivity index (χ0n) is 19.1. The number of hydrogen-bond acceptors (Lipinski definition) is 4. The van der Waals surface area contributed by atoms with Gasteiger partial charge >= 0.3 is 5.97 Å². The van der Waals surface area contributed by atoms with Crippen molar-refractivity contribution in [1.82, 2.24) is 9.71 Å². The number of nitrogens with zero attached hydrogens (tertiary/aromatic N) is 1. The fourth-order valence-corrected chi connectivity index (χ4v) is 5.81. The quantitative estimate of drug-likeness (QED) is 0.340. The number of rotatable bonds is 8. The molecule has 1 aromatic heterocycles. The van der Waals surface area contributed by atoms with Crippen LogP contribution < -0.4 is 9.62 Å². The molecule has 0 aliphatic carbocycles. The van der Waals surface area contributed by atoms with Gasteiger partial charge in [0.1, 0.15) is 6.04 Å². The Balaban J connectivity index is 1.31. The molecule has 7 nitrogen and oxygen atoms in total. The third kappa shape index (κ3) is 4.94. The highest BCUT2D eigenvalue weighted by molar-refractivity contribution is 7.89. The van der Waals surface area contributed by atoms with E-state index in [1.165, 1.54) is 30.7 Å². The lowest BCUT2D eigenvalue weighted by Gasteiger charge is -2.18. The molecule has 3 aromatic carbocycles. The van der Waals surface area contributed by atoms with Gasteiger partial charge in [0, 0.05) is 42.3 Å². The number of fused-ring (bicyclic) bond motifs is 1. The van der Waals surface area contributed by atoms with Crippen molar-refractivity contribution in [2.24, 2.45) is 0 Å². The zero-order chi connectivity index (χ0) is 24.4. The van der Waals surface area contributed by atoms with Gasteiger partial charge in [0.15, 0.2) is 0 Å². The number of aromatic amines is 1. The molecule has 0 spiro atoms. The van der Waals surface area contributed by atoms with Crippen molar-refractivity contribution < 1.29 is 18.3 Å². The number of para-hydroxylation sites is 1. The molecule has 5 rings (SSSR count). The Hall–Kier alpha value is -3.62. The van der Waals surface area contributed by atoms with E-state index in [1.807, 2.05) is 36.4 Å². The van der Waals surface area contributed by atoms with E-state index in [4.69, 9.17) is 0 Å². The number of aromatic nitrogens is 1. The molecule has 0 unspecified atom stereocenters. The molecule has 0 amide bonds. The third-order valence-electron chi connectivity index (χ3n) is 6.53. The minimum Gasteiger partial charge on any atom is -0.480 e. The number of benzene rings is 3. The molecule has 1 aliphatic heterocycles. The first-order chi connectivity index (χ1) is 16.9. The summed E-state index contributed by atoms with van der Waals surface area (Å²) in [5.41, 5.74) is 4.70. The molecule has 1 atom stereocenters. The molecule has 0 radical (unpaired) electrons. The van der Waals surface area contributed by atoms with Crippen molar-refractivity contribution in [3.8, 4) is 11.1 Å². The fourth-order valence-electron chi connectivity index (χ4n) is 4.62. The summed E-state index contributed by atoms with van der Waals surface area (Å²) in [6.07, 6.45) is 4.19. The molecule has 1 saturated heterocycles. The Kier molecular flexibility index (Phi) is 6.32. The van der Waals surface area contributed by atoms with Gasteiger partial charge in [0.05, 0.1) is 4.90 Å². The van der Waals surface area contributed by atoms with Gasteiger partial charge in [-0.25, -0.2) is 8.42 Å². The number of H-pyrrole nitrogens is 1. The van der Waals surface area contributed by atoms with Crippen LogP contribution >= 0.6 is 0 Å². The van der Waals surface area contributed by atoms with Crippen molar-refractivity contribution in [3.05, 3.63) is 84.6 Å². The summed E-state index contributed by atoms with van der Waals surface area (Å²) in [6.45, 7) is 2.16. The topological polar surface area (TPSA) is 102 Å². The lowest BCUT2D eigenvalue weighted by Crippen LogP contribution is -2.42. The summed E-state index contributed by atoms with van der Waals surface area (Å²) in [5, 5.41) is 10.6. The normalized spacial score (nSPS) is 14.9. The monoisotopic (exact) mass is 489 g/mol. The number of aliphatic carboxylic acids is 1. The van der Waals surface area contributed by atoms with Gasteiger partial charge in [-0.15, -0.1) is 0 Å². The average molecular weight is 490 g/mol. The third-order valence-corrected chi connectivity index (χ3v) is 8.02. The number of nitrogens with one attached hydrogen (secondary N) is 2. The van der Waals surface area contributed by atoms with E-state index in [9.17, 15) is 18.3 Å². The maximum Gasteiger partial charge on any atom is 0.322 e. The first kappa shape index (κ1) is 23.1. The van der Waals surface area contributed by atoms with Crippen LogP contribution in [0.25, 0.3) is 22.0 Å². The lowest BCUT2D eigenvalue weighted by atomic mass is 10.1. The van der Waals surface area contributed by atoms with Crippen LogP contribution in [0.1, 0.15) is 18.4 Å². The van der Waals surface area contributed by atoms with Gasteiger partial charge in [0.2, 0.25) is 10.0 Å². The Morgan fingerprint density at radius 1 is 0.943 bits per heavy atom.